The Labute approximate surface area is 171 Å². The fourth-order valence-corrected chi connectivity index (χ4v) is 2.75. The minimum Gasteiger partial charge on any atom is -0.370 e. The van der Waals surface area contributed by atoms with Crippen molar-refractivity contribution < 1.29 is 9.59 Å². The lowest BCUT2D eigenvalue weighted by atomic mass is 10.1. The molecular weight excluding hydrogens is 392 g/mol. The highest BCUT2D eigenvalue weighted by atomic mass is 35.5. The van der Waals surface area contributed by atoms with Crippen molar-refractivity contribution >= 4 is 28.9 Å². The highest BCUT2D eigenvalue weighted by molar-refractivity contribution is 6.30. The van der Waals surface area contributed by atoms with Crippen LogP contribution in [0, 0.1) is 0 Å². The van der Waals surface area contributed by atoms with Crippen LogP contribution in [0.3, 0.4) is 0 Å². The topological polar surface area (TPSA) is 118 Å². The molecule has 0 saturated carbocycles. The normalized spacial score (nSPS) is 10.2. The van der Waals surface area contributed by atoms with E-state index in [0.29, 0.717) is 11.3 Å². The Kier molecular flexibility index (Phi) is 6.59. The summed E-state index contributed by atoms with van der Waals surface area (Å²) in [5.41, 5.74) is 7.62. The van der Waals surface area contributed by atoms with Gasteiger partial charge in [0.15, 0.2) is 0 Å². The maximum atomic E-state index is 12.2. The standard InChI is InChI=1S/C14H14N6O2.C6H5Cl/c15-12(21)5-6-16-14(22)10-8-17-19-13(10)11-3-1-2-9-4-7-18-20(9)11;7-6-4-2-1-3-5-6/h1-4,7-8H,5-6H2,(H2,15,21)(H,16,22)(H,17,19);1-5H. The Morgan fingerprint density at radius 1 is 1.10 bits per heavy atom. The van der Waals surface area contributed by atoms with Crippen molar-refractivity contribution in [2.45, 2.75) is 6.42 Å². The van der Waals surface area contributed by atoms with Gasteiger partial charge in [-0.25, -0.2) is 4.52 Å². The molecule has 4 aromatic rings. The molecule has 0 atom stereocenters. The summed E-state index contributed by atoms with van der Waals surface area (Å²) in [6.45, 7) is 0.185. The molecule has 3 aromatic heterocycles. The molecule has 4 rings (SSSR count). The highest BCUT2D eigenvalue weighted by Crippen LogP contribution is 2.21. The van der Waals surface area contributed by atoms with Crippen molar-refractivity contribution in [3.8, 4) is 11.4 Å². The third kappa shape index (κ3) is 5.20. The van der Waals surface area contributed by atoms with E-state index in [9.17, 15) is 9.59 Å². The molecule has 4 N–H and O–H groups in total. The minimum absolute atomic E-state index is 0.0909. The average Bonchev–Trinajstić information content (AvgIpc) is 3.38. The van der Waals surface area contributed by atoms with Crippen molar-refractivity contribution in [2.24, 2.45) is 5.73 Å². The number of amides is 2. The largest absolute Gasteiger partial charge is 0.370 e. The van der Waals surface area contributed by atoms with Gasteiger partial charge in [-0.15, -0.1) is 0 Å². The number of benzene rings is 1. The van der Waals surface area contributed by atoms with Gasteiger partial charge in [0.25, 0.3) is 5.91 Å². The van der Waals surface area contributed by atoms with Crippen LogP contribution in [0.15, 0.2) is 67.0 Å². The predicted molar refractivity (Wildman–Crippen MR) is 110 cm³/mol. The second-order valence-electron chi connectivity index (χ2n) is 6.01. The van der Waals surface area contributed by atoms with Gasteiger partial charge in [0.2, 0.25) is 5.91 Å². The van der Waals surface area contributed by atoms with Crippen LogP contribution >= 0.6 is 11.6 Å². The Morgan fingerprint density at radius 3 is 2.59 bits per heavy atom. The van der Waals surface area contributed by atoms with Gasteiger partial charge in [-0.05, 0) is 30.3 Å². The van der Waals surface area contributed by atoms with Gasteiger partial charge in [-0.1, -0.05) is 35.9 Å². The van der Waals surface area contributed by atoms with Crippen LogP contribution in [0.1, 0.15) is 16.8 Å². The number of carbonyl (C=O) groups excluding carboxylic acids is 2. The molecule has 0 aliphatic heterocycles. The molecule has 0 aliphatic carbocycles. The van der Waals surface area contributed by atoms with Crippen LogP contribution in [-0.4, -0.2) is 38.2 Å². The van der Waals surface area contributed by atoms with Crippen molar-refractivity contribution in [3.63, 3.8) is 0 Å². The molecule has 0 radical (unpaired) electrons. The monoisotopic (exact) mass is 410 g/mol. The van der Waals surface area contributed by atoms with Crippen molar-refractivity contribution in [1.82, 2.24) is 25.1 Å². The van der Waals surface area contributed by atoms with Gasteiger partial charge in [0, 0.05) is 18.0 Å². The molecule has 148 valence electrons. The fourth-order valence-electron chi connectivity index (χ4n) is 2.60. The molecule has 3 heterocycles. The van der Waals surface area contributed by atoms with Gasteiger partial charge in [-0.3, -0.25) is 14.7 Å². The zero-order chi connectivity index (χ0) is 20.6. The lowest BCUT2D eigenvalue weighted by Crippen LogP contribution is -2.28. The van der Waals surface area contributed by atoms with Crippen molar-refractivity contribution in [3.05, 3.63) is 77.6 Å². The summed E-state index contributed by atoms with van der Waals surface area (Å²) in [5, 5.41) is 14.4. The SMILES string of the molecule is Clc1ccccc1.NC(=O)CCNC(=O)c1cn[nH]c1-c1cccc2ccnn12. The maximum absolute atomic E-state index is 12.2. The first-order valence-electron chi connectivity index (χ1n) is 8.80. The number of H-pyrrole nitrogens is 1. The van der Waals surface area contributed by atoms with E-state index in [0.717, 1.165) is 16.2 Å². The van der Waals surface area contributed by atoms with E-state index >= 15 is 0 Å². The second-order valence-corrected chi connectivity index (χ2v) is 6.44. The van der Waals surface area contributed by atoms with E-state index in [1.54, 1.807) is 10.7 Å². The zero-order valence-corrected chi connectivity index (χ0v) is 16.1. The molecule has 0 fully saturated rings. The first-order chi connectivity index (χ1) is 14.1. The summed E-state index contributed by atoms with van der Waals surface area (Å²) >= 11 is 5.54. The van der Waals surface area contributed by atoms with E-state index in [4.69, 9.17) is 17.3 Å². The summed E-state index contributed by atoms with van der Waals surface area (Å²) in [6, 6.07) is 16.9. The van der Waals surface area contributed by atoms with Gasteiger partial charge in [0.05, 0.1) is 34.9 Å². The van der Waals surface area contributed by atoms with Crippen LogP contribution in [0.4, 0.5) is 0 Å². The molecule has 0 spiro atoms. The summed E-state index contributed by atoms with van der Waals surface area (Å²) in [7, 11) is 0. The number of aromatic nitrogens is 4. The summed E-state index contributed by atoms with van der Waals surface area (Å²) in [4.78, 5) is 22.9. The first kappa shape index (κ1) is 20.1. The second kappa shape index (κ2) is 9.52. The van der Waals surface area contributed by atoms with Crippen LogP contribution in [0.25, 0.3) is 16.9 Å². The van der Waals surface area contributed by atoms with Crippen LogP contribution in [0.2, 0.25) is 5.02 Å². The third-order valence-corrected chi connectivity index (χ3v) is 4.20. The summed E-state index contributed by atoms with van der Waals surface area (Å²) in [6.07, 6.45) is 3.22. The number of nitrogens with one attached hydrogen (secondary N) is 2. The fraction of sp³-hybridized carbons (Fsp3) is 0.100. The lowest BCUT2D eigenvalue weighted by Gasteiger charge is -2.06. The molecule has 0 saturated heterocycles. The van der Waals surface area contributed by atoms with Gasteiger partial charge < -0.3 is 11.1 Å². The number of aromatic amines is 1. The number of fused-ring (bicyclic) bond motifs is 1. The average molecular weight is 411 g/mol. The minimum atomic E-state index is -0.464. The van der Waals surface area contributed by atoms with Crippen molar-refractivity contribution in [2.75, 3.05) is 6.54 Å². The number of carbonyl (C=O) groups is 2. The van der Waals surface area contributed by atoms with Crippen LogP contribution in [-0.2, 0) is 4.79 Å². The van der Waals surface area contributed by atoms with Gasteiger partial charge in [-0.2, -0.15) is 10.2 Å². The highest BCUT2D eigenvalue weighted by Gasteiger charge is 2.17. The predicted octanol–water partition coefficient (Wildman–Crippen LogP) is 2.67. The van der Waals surface area contributed by atoms with E-state index in [1.165, 1.54) is 6.20 Å². The summed E-state index contributed by atoms with van der Waals surface area (Å²) in [5.74, 6) is -0.789. The molecule has 2 amide bonds. The molecule has 8 nitrogen and oxygen atoms in total. The van der Waals surface area contributed by atoms with Gasteiger partial charge in [0.1, 0.15) is 0 Å². The number of hydrogen-bond donors (Lipinski definition) is 3. The van der Waals surface area contributed by atoms with E-state index < -0.39 is 5.91 Å². The van der Waals surface area contributed by atoms with E-state index in [1.807, 2.05) is 54.6 Å². The number of halogens is 1. The molecule has 0 unspecified atom stereocenters. The number of primary amides is 1. The molecule has 29 heavy (non-hydrogen) atoms. The van der Waals surface area contributed by atoms with Gasteiger partial charge >= 0.3 is 0 Å². The Bertz CT molecular complexity index is 1110. The molecular formula is C20H19ClN6O2. The lowest BCUT2D eigenvalue weighted by molar-refractivity contribution is -0.117. The van der Waals surface area contributed by atoms with E-state index in [2.05, 4.69) is 20.6 Å². The number of hydrogen-bond acceptors (Lipinski definition) is 4. The smallest absolute Gasteiger partial charge is 0.255 e. The third-order valence-electron chi connectivity index (χ3n) is 3.95. The molecule has 9 heteroatoms. The zero-order valence-electron chi connectivity index (χ0n) is 15.4. The Balaban J connectivity index is 0.000000290. The molecule has 1 aromatic carbocycles. The molecule has 0 bridgehead atoms. The van der Waals surface area contributed by atoms with E-state index in [-0.39, 0.29) is 18.9 Å². The number of nitrogens with two attached hydrogens (primary N) is 1. The number of rotatable bonds is 5. The Morgan fingerprint density at radius 2 is 1.90 bits per heavy atom. The summed E-state index contributed by atoms with van der Waals surface area (Å²) < 4.78 is 1.72. The Hall–Kier alpha value is -3.65. The quantitative estimate of drug-likeness (QED) is 0.468. The number of pyridine rings is 1. The number of nitrogens with zero attached hydrogens (tertiary/aromatic N) is 3. The molecule has 0 aliphatic rings. The maximum Gasteiger partial charge on any atom is 0.255 e. The van der Waals surface area contributed by atoms with Crippen molar-refractivity contribution in [1.29, 1.82) is 0 Å². The van der Waals surface area contributed by atoms with Crippen LogP contribution in [0.5, 0.6) is 0 Å². The van der Waals surface area contributed by atoms with Crippen LogP contribution < -0.4 is 11.1 Å². The first-order valence-corrected chi connectivity index (χ1v) is 9.17.